The Morgan fingerprint density at radius 1 is 1.36 bits per heavy atom. The van der Waals surface area contributed by atoms with E-state index in [1.165, 1.54) is 38.9 Å². The third-order valence-corrected chi connectivity index (χ3v) is 2.39. The van der Waals surface area contributed by atoms with Crippen LogP contribution >= 0.6 is 0 Å². The third-order valence-electron chi connectivity index (χ3n) is 2.39. The summed E-state index contributed by atoms with van der Waals surface area (Å²) in [6.45, 7) is 11.9. The standard InChI is InChI=1S/C11H19N.C2H6/c1-3-6-11-7-5-9-12(10-11)8-4-2;1-2/h11H,4-5,7-10H2,1-2H3;1-2H3. The van der Waals surface area contributed by atoms with Crippen LogP contribution in [0, 0.1) is 17.8 Å². The second-order valence-corrected chi connectivity index (χ2v) is 3.53. The maximum Gasteiger partial charge on any atom is 0.0330 e. The van der Waals surface area contributed by atoms with Crippen LogP contribution in [0.5, 0.6) is 0 Å². The SMILES string of the molecule is CC.CC#CC1CCCN(CCC)C1. The number of rotatable bonds is 2. The van der Waals surface area contributed by atoms with Crippen LogP contribution in [0.15, 0.2) is 0 Å². The molecular weight excluding hydrogens is 170 g/mol. The van der Waals surface area contributed by atoms with Gasteiger partial charge in [-0.15, -0.1) is 5.92 Å². The van der Waals surface area contributed by atoms with E-state index in [1.54, 1.807) is 0 Å². The summed E-state index contributed by atoms with van der Waals surface area (Å²) in [7, 11) is 0. The molecule has 0 aliphatic carbocycles. The molecule has 1 atom stereocenters. The molecule has 0 aromatic carbocycles. The normalized spacial score (nSPS) is 21.6. The summed E-state index contributed by atoms with van der Waals surface area (Å²) in [5, 5.41) is 0. The van der Waals surface area contributed by atoms with Crippen LogP contribution < -0.4 is 0 Å². The van der Waals surface area contributed by atoms with Crippen molar-refractivity contribution in [2.45, 2.75) is 47.0 Å². The fourth-order valence-corrected chi connectivity index (χ4v) is 1.90. The van der Waals surface area contributed by atoms with Gasteiger partial charge in [-0.3, -0.25) is 0 Å². The smallest absolute Gasteiger partial charge is 0.0330 e. The maximum atomic E-state index is 3.28. The van der Waals surface area contributed by atoms with E-state index in [-0.39, 0.29) is 0 Å². The summed E-state index contributed by atoms with van der Waals surface area (Å²) in [6.07, 6.45) is 3.91. The predicted molar refractivity (Wildman–Crippen MR) is 64.3 cm³/mol. The van der Waals surface area contributed by atoms with Crippen LogP contribution in [0.3, 0.4) is 0 Å². The Labute approximate surface area is 89.9 Å². The maximum absolute atomic E-state index is 3.28. The van der Waals surface area contributed by atoms with Crippen molar-refractivity contribution in [1.29, 1.82) is 0 Å². The van der Waals surface area contributed by atoms with E-state index in [1.807, 2.05) is 20.8 Å². The van der Waals surface area contributed by atoms with Gasteiger partial charge in [0.05, 0.1) is 0 Å². The Morgan fingerprint density at radius 3 is 2.64 bits per heavy atom. The summed E-state index contributed by atoms with van der Waals surface area (Å²) in [5.41, 5.74) is 0. The molecule has 82 valence electrons. The molecule has 1 fully saturated rings. The van der Waals surface area contributed by atoms with E-state index >= 15 is 0 Å². The average molecular weight is 195 g/mol. The van der Waals surface area contributed by atoms with Crippen molar-refractivity contribution >= 4 is 0 Å². The predicted octanol–water partition coefficient (Wildman–Crippen LogP) is 3.16. The van der Waals surface area contributed by atoms with Gasteiger partial charge in [-0.1, -0.05) is 26.7 Å². The number of likely N-dealkylation sites (tertiary alicyclic amines) is 1. The van der Waals surface area contributed by atoms with Crippen LogP contribution in [-0.2, 0) is 0 Å². The van der Waals surface area contributed by atoms with Gasteiger partial charge in [0.25, 0.3) is 0 Å². The average Bonchev–Trinajstić information content (AvgIpc) is 2.22. The highest BCUT2D eigenvalue weighted by molar-refractivity contribution is 5.02. The molecule has 1 heterocycles. The topological polar surface area (TPSA) is 3.24 Å². The largest absolute Gasteiger partial charge is 0.302 e. The van der Waals surface area contributed by atoms with Gasteiger partial charge in [0.2, 0.25) is 0 Å². The van der Waals surface area contributed by atoms with Gasteiger partial charge in [0.1, 0.15) is 0 Å². The van der Waals surface area contributed by atoms with Gasteiger partial charge in [-0.25, -0.2) is 0 Å². The van der Waals surface area contributed by atoms with Crippen molar-refractivity contribution in [2.75, 3.05) is 19.6 Å². The Hall–Kier alpha value is -0.480. The number of piperidine rings is 1. The number of hydrogen-bond donors (Lipinski definition) is 0. The first-order valence-electron chi connectivity index (χ1n) is 6.01. The molecule has 1 aliphatic heterocycles. The lowest BCUT2D eigenvalue weighted by atomic mass is 9.98. The summed E-state index contributed by atoms with van der Waals surface area (Å²) < 4.78 is 0. The van der Waals surface area contributed by atoms with Crippen molar-refractivity contribution in [3.8, 4) is 11.8 Å². The van der Waals surface area contributed by atoms with Crippen molar-refractivity contribution in [3.63, 3.8) is 0 Å². The van der Waals surface area contributed by atoms with Crippen molar-refractivity contribution in [1.82, 2.24) is 4.90 Å². The van der Waals surface area contributed by atoms with E-state index in [0.29, 0.717) is 5.92 Å². The molecule has 1 heteroatoms. The molecule has 0 aromatic heterocycles. The minimum Gasteiger partial charge on any atom is -0.302 e. The number of nitrogens with zero attached hydrogens (tertiary/aromatic N) is 1. The van der Waals surface area contributed by atoms with Crippen LogP contribution in [-0.4, -0.2) is 24.5 Å². The third kappa shape index (κ3) is 5.29. The van der Waals surface area contributed by atoms with Gasteiger partial charge < -0.3 is 4.90 Å². The van der Waals surface area contributed by atoms with Crippen molar-refractivity contribution in [3.05, 3.63) is 0 Å². The first kappa shape index (κ1) is 13.5. The Bertz CT molecular complexity index is 173. The fourth-order valence-electron chi connectivity index (χ4n) is 1.90. The molecule has 1 nitrogen and oxygen atoms in total. The molecule has 0 bridgehead atoms. The second-order valence-electron chi connectivity index (χ2n) is 3.53. The highest BCUT2D eigenvalue weighted by Gasteiger charge is 2.16. The Kier molecular flexibility index (Phi) is 8.78. The Balaban J connectivity index is 0.000000791. The van der Waals surface area contributed by atoms with Crippen LogP contribution in [0.25, 0.3) is 0 Å². The monoisotopic (exact) mass is 195 g/mol. The summed E-state index contributed by atoms with van der Waals surface area (Å²) >= 11 is 0. The zero-order valence-electron chi connectivity index (χ0n) is 10.3. The van der Waals surface area contributed by atoms with Crippen LogP contribution in [0.1, 0.15) is 47.0 Å². The summed E-state index contributed by atoms with van der Waals surface area (Å²) in [4.78, 5) is 2.54. The van der Waals surface area contributed by atoms with E-state index in [4.69, 9.17) is 0 Å². The first-order chi connectivity index (χ1) is 6.86. The molecule has 1 unspecified atom stereocenters. The molecule has 0 radical (unpaired) electrons. The Morgan fingerprint density at radius 2 is 2.07 bits per heavy atom. The van der Waals surface area contributed by atoms with Crippen LogP contribution in [0.2, 0.25) is 0 Å². The minimum absolute atomic E-state index is 0.648. The minimum atomic E-state index is 0.648. The molecule has 1 rings (SSSR count). The fraction of sp³-hybridized carbons (Fsp3) is 0.846. The van der Waals surface area contributed by atoms with E-state index in [9.17, 15) is 0 Å². The van der Waals surface area contributed by atoms with Crippen LogP contribution in [0.4, 0.5) is 0 Å². The molecule has 0 saturated carbocycles. The van der Waals surface area contributed by atoms with Gasteiger partial charge in [0, 0.05) is 12.5 Å². The zero-order chi connectivity index (χ0) is 10.8. The molecule has 0 spiro atoms. The molecule has 14 heavy (non-hydrogen) atoms. The zero-order valence-corrected chi connectivity index (χ0v) is 10.3. The molecule has 1 aliphatic rings. The first-order valence-corrected chi connectivity index (χ1v) is 6.01. The molecule has 0 amide bonds. The lowest BCUT2D eigenvalue weighted by Gasteiger charge is -2.29. The van der Waals surface area contributed by atoms with Gasteiger partial charge >= 0.3 is 0 Å². The highest BCUT2D eigenvalue weighted by Crippen LogP contribution is 2.15. The molecule has 1 saturated heterocycles. The van der Waals surface area contributed by atoms with E-state index in [0.717, 1.165) is 0 Å². The molecule has 0 N–H and O–H groups in total. The van der Waals surface area contributed by atoms with Gasteiger partial charge in [-0.2, -0.15) is 0 Å². The second kappa shape index (κ2) is 9.09. The van der Waals surface area contributed by atoms with Gasteiger partial charge in [0.15, 0.2) is 0 Å². The molecule has 0 aromatic rings. The quantitative estimate of drug-likeness (QED) is 0.612. The van der Waals surface area contributed by atoms with Crippen molar-refractivity contribution < 1.29 is 0 Å². The molecular formula is C13H25N. The summed E-state index contributed by atoms with van der Waals surface area (Å²) in [6, 6.07) is 0. The summed E-state index contributed by atoms with van der Waals surface area (Å²) in [5.74, 6) is 6.95. The lowest BCUT2D eigenvalue weighted by Crippen LogP contribution is -2.35. The van der Waals surface area contributed by atoms with E-state index in [2.05, 4.69) is 23.7 Å². The lowest BCUT2D eigenvalue weighted by molar-refractivity contribution is 0.201. The van der Waals surface area contributed by atoms with Crippen molar-refractivity contribution in [2.24, 2.45) is 5.92 Å². The highest BCUT2D eigenvalue weighted by atomic mass is 15.1. The van der Waals surface area contributed by atoms with E-state index < -0.39 is 0 Å². The van der Waals surface area contributed by atoms with Gasteiger partial charge in [-0.05, 0) is 39.3 Å². The number of hydrogen-bond acceptors (Lipinski definition) is 1.